The predicted molar refractivity (Wildman–Crippen MR) is 133 cm³/mol. The van der Waals surface area contributed by atoms with Crippen molar-refractivity contribution >= 4 is 16.6 Å². The number of aromatic nitrogens is 1. The summed E-state index contributed by atoms with van der Waals surface area (Å²) < 4.78 is 6.62. The molecule has 4 atom stereocenters. The Hall–Kier alpha value is -3.48. The van der Waals surface area contributed by atoms with E-state index in [0.717, 1.165) is 53.7 Å². The lowest BCUT2D eigenvalue weighted by Crippen LogP contribution is -2.74. The van der Waals surface area contributed by atoms with E-state index >= 15 is 0 Å². The highest BCUT2D eigenvalue weighted by Gasteiger charge is 2.72. The van der Waals surface area contributed by atoms with Crippen molar-refractivity contribution in [2.75, 3.05) is 12.3 Å². The summed E-state index contributed by atoms with van der Waals surface area (Å²) in [6, 6.07) is 20.1. The largest absolute Gasteiger partial charge is 0.504 e. The van der Waals surface area contributed by atoms with Crippen LogP contribution >= 0.6 is 0 Å². The zero-order chi connectivity index (χ0) is 23.5. The first-order chi connectivity index (χ1) is 17.0. The molecule has 1 saturated heterocycles. The number of aromatic amines is 1. The molecule has 5 N–H and O–H groups in total. The van der Waals surface area contributed by atoms with E-state index in [2.05, 4.69) is 34.1 Å². The molecular formula is C29H27N3O3. The van der Waals surface area contributed by atoms with E-state index in [-0.39, 0.29) is 17.9 Å². The predicted octanol–water partition coefficient (Wildman–Crippen LogP) is 3.95. The number of anilines is 1. The number of piperidine rings is 1. The van der Waals surface area contributed by atoms with Crippen LogP contribution in [0.1, 0.15) is 40.5 Å². The second-order valence-corrected chi connectivity index (χ2v) is 10.8. The van der Waals surface area contributed by atoms with Crippen molar-refractivity contribution in [2.24, 2.45) is 0 Å². The zero-order valence-electron chi connectivity index (χ0n) is 19.3. The molecule has 35 heavy (non-hydrogen) atoms. The van der Waals surface area contributed by atoms with Gasteiger partial charge in [-0.3, -0.25) is 4.90 Å². The molecule has 6 heteroatoms. The summed E-state index contributed by atoms with van der Waals surface area (Å²) in [5.41, 5.74) is 11.8. The highest BCUT2D eigenvalue weighted by atomic mass is 16.5. The number of benzene rings is 3. The van der Waals surface area contributed by atoms with Crippen molar-refractivity contribution < 1.29 is 14.9 Å². The maximum atomic E-state index is 12.9. The molecule has 4 aliphatic rings. The fourth-order valence-electron chi connectivity index (χ4n) is 7.80. The van der Waals surface area contributed by atoms with Gasteiger partial charge in [-0.15, -0.1) is 0 Å². The molecule has 0 unspecified atom stereocenters. The van der Waals surface area contributed by atoms with Gasteiger partial charge in [0.15, 0.2) is 17.6 Å². The Morgan fingerprint density at radius 2 is 1.97 bits per heavy atom. The molecule has 3 heterocycles. The second-order valence-electron chi connectivity index (χ2n) is 10.8. The number of H-pyrrole nitrogens is 1. The first kappa shape index (κ1) is 19.8. The van der Waals surface area contributed by atoms with Gasteiger partial charge in [0.05, 0.1) is 16.7 Å². The molecule has 1 fully saturated rings. The number of nitrogens with two attached hydrogens (primary N) is 1. The molecule has 2 aliphatic carbocycles. The number of likely N-dealkylation sites (tertiary alicyclic amines) is 1. The molecule has 4 aromatic rings. The molecule has 1 spiro atoms. The Morgan fingerprint density at radius 1 is 1.11 bits per heavy atom. The van der Waals surface area contributed by atoms with Crippen LogP contribution < -0.4 is 10.5 Å². The van der Waals surface area contributed by atoms with Gasteiger partial charge in [0.25, 0.3) is 0 Å². The van der Waals surface area contributed by atoms with Gasteiger partial charge in [-0.05, 0) is 53.8 Å². The summed E-state index contributed by atoms with van der Waals surface area (Å²) in [6.45, 7) is 1.65. The normalized spacial score (nSPS) is 30.1. The fourth-order valence-corrected chi connectivity index (χ4v) is 7.80. The standard InChI is InChI=1S/C29H27N3O3/c30-18-7-8-21-19(13-18)20-14-29(34)23-12-17-6-9-22(33)26-24(17)28(29,27(35-26)25(20)31-21)10-11-32(23)15-16-4-2-1-3-5-16/h1-9,13,23,27,31,33-34H,10-12,14-15,30H2/t23-,27+,28+,29-/m1/s1. The highest BCUT2D eigenvalue weighted by Crippen LogP contribution is 2.69. The molecule has 0 amide bonds. The van der Waals surface area contributed by atoms with Gasteiger partial charge in [-0.25, -0.2) is 0 Å². The number of hydrogen-bond acceptors (Lipinski definition) is 5. The minimum absolute atomic E-state index is 0.0651. The average molecular weight is 466 g/mol. The monoisotopic (exact) mass is 465 g/mol. The SMILES string of the molecule is Nc1ccc2[nH]c3c(c2c1)C[C@@]1(O)[C@H]2Cc4ccc(O)c5c4[C@@]1(CCN2Cc1ccccc1)[C@H]3O5. The molecule has 6 nitrogen and oxygen atoms in total. The van der Waals surface area contributed by atoms with E-state index in [0.29, 0.717) is 17.9 Å². The van der Waals surface area contributed by atoms with Crippen LogP contribution in [0.4, 0.5) is 5.69 Å². The molecule has 2 aliphatic heterocycles. The summed E-state index contributed by atoms with van der Waals surface area (Å²) in [5.74, 6) is 0.703. The van der Waals surface area contributed by atoms with E-state index < -0.39 is 11.0 Å². The number of hydrogen-bond donors (Lipinski definition) is 4. The Kier molecular flexibility index (Phi) is 3.61. The van der Waals surface area contributed by atoms with Gasteiger partial charge in [0.2, 0.25) is 0 Å². The lowest BCUT2D eigenvalue weighted by Gasteiger charge is -2.62. The topological polar surface area (TPSA) is 94.7 Å². The van der Waals surface area contributed by atoms with Crippen LogP contribution in [0.3, 0.4) is 0 Å². The summed E-state index contributed by atoms with van der Waals surface area (Å²) in [4.78, 5) is 6.07. The van der Waals surface area contributed by atoms with E-state index in [4.69, 9.17) is 10.5 Å². The van der Waals surface area contributed by atoms with E-state index in [1.165, 1.54) is 11.1 Å². The van der Waals surface area contributed by atoms with Crippen LogP contribution in [-0.4, -0.2) is 38.3 Å². The molecular weight excluding hydrogens is 438 g/mol. The zero-order valence-corrected chi connectivity index (χ0v) is 19.3. The molecule has 3 aromatic carbocycles. The van der Waals surface area contributed by atoms with Crippen molar-refractivity contribution in [3.05, 3.63) is 88.6 Å². The number of fused-ring (bicyclic) bond motifs is 4. The number of nitrogens with one attached hydrogen (secondary N) is 1. The van der Waals surface area contributed by atoms with Gasteiger partial charge in [-0.1, -0.05) is 36.4 Å². The van der Waals surface area contributed by atoms with Crippen molar-refractivity contribution in [2.45, 2.75) is 49.0 Å². The molecule has 0 saturated carbocycles. The number of aromatic hydroxyl groups is 1. The summed E-state index contributed by atoms with van der Waals surface area (Å²) in [6.07, 6.45) is 1.63. The van der Waals surface area contributed by atoms with Gasteiger partial charge in [0.1, 0.15) is 0 Å². The molecule has 8 rings (SSSR count). The third-order valence-corrected chi connectivity index (χ3v) is 9.22. The minimum Gasteiger partial charge on any atom is -0.504 e. The second kappa shape index (κ2) is 6.39. The van der Waals surface area contributed by atoms with Gasteiger partial charge < -0.3 is 25.7 Å². The number of rotatable bonds is 2. The van der Waals surface area contributed by atoms with Crippen LogP contribution in [0, 0.1) is 0 Å². The van der Waals surface area contributed by atoms with Crippen molar-refractivity contribution in [1.82, 2.24) is 9.88 Å². The van der Waals surface area contributed by atoms with Crippen LogP contribution in [-0.2, 0) is 24.8 Å². The maximum Gasteiger partial charge on any atom is 0.166 e. The summed E-state index contributed by atoms with van der Waals surface area (Å²) in [5, 5.41) is 24.8. The smallest absolute Gasteiger partial charge is 0.166 e. The van der Waals surface area contributed by atoms with Crippen LogP contribution in [0.15, 0.2) is 60.7 Å². The van der Waals surface area contributed by atoms with E-state index in [9.17, 15) is 10.2 Å². The quantitative estimate of drug-likeness (QED) is 0.337. The number of phenols is 1. The maximum absolute atomic E-state index is 12.9. The van der Waals surface area contributed by atoms with Gasteiger partial charge >= 0.3 is 0 Å². The average Bonchev–Trinajstić information content (AvgIpc) is 3.38. The summed E-state index contributed by atoms with van der Waals surface area (Å²) >= 11 is 0. The number of nitrogens with zero attached hydrogens (tertiary/aromatic N) is 1. The summed E-state index contributed by atoms with van der Waals surface area (Å²) in [7, 11) is 0. The van der Waals surface area contributed by atoms with Crippen molar-refractivity contribution in [1.29, 1.82) is 0 Å². The Bertz CT molecular complexity index is 1530. The van der Waals surface area contributed by atoms with E-state index in [1.807, 2.05) is 30.3 Å². The lowest BCUT2D eigenvalue weighted by atomic mass is 9.49. The third kappa shape index (κ3) is 2.27. The molecule has 2 bridgehead atoms. The van der Waals surface area contributed by atoms with Crippen LogP contribution in [0.5, 0.6) is 11.5 Å². The third-order valence-electron chi connectivity index (χ3n) is 9.22. The van der Waals surface area contributed by atoms with Crippen LogP contribution in [0.25, 0.3) is 10.9 Å². The van der Waals surface area contributed by atoms with Crippen molar-refractivity contribution in [3.8, 4) is 11.5 Å². The molecule has 1 aromatic heterocycles. The van der Waals surface area contributed by atoms with Gasteiger partial charge in [0, 0.05) is 47.7 Å². The van der Waals surface area contributed by atoms with E-state index in [1.54, 1.807) is 6.07 Å². The van der Waals surface area contributed by atoms with Gasteiger partial charge in [-0.2, -0.15) is 0 Å². The Balaban J connectivity index is 1.37. The first-order valence-electron chi connectivity index (χ1n) is 12.4. The highest BCUT2D eigenvalue weighted by molar-refractivity contribution is 5.88. The molecule has 0 radical (unpaired) electrons. The van der Waals surface area contributed by atoms with Crippen LogP contribution in [0.2, 0.25) is 0 Å². The van der Waals surface area contributed by atoms with Crippen molar-refractivity contribution in [3.63, 3.8) is 0 Å². The number of ether oxygens (including phenoxy) is 1. The first-order valence-corrected chi connectivity index (χ1v) is 12.4. The Labute approximate surface area is 202 Å². The number of nitrogen functional groups attached to an aromatic ring is 1. The fraction of sp³-hybridized carbons (Fsp3) is 0.310. The molecule has 176 valence electrons. The number of phenolic OH excluding ortho intramolecular Hbond substituents is 1. The number of aliphatic hydroxyl groups is 1. The minimum atomic E-state index is -1.04. The Morgan fingerprint density at radius 3 is 2.83 bits per heavy atom. The lowest BCUT2D eigenvalue weighted by molar-refractivity contribution is -0.174.